The number of anilines is 5. The van der Waals surface area contributed by atoms with Crippen LogP contribution in [0.2, 0.25) is 0 Å². The highest BCUT2D eigenvalue weighted by Gasteiger charge is 2.48. The predicted molar refractivity (Wildman–Crippen MR) is 334 cm³/mol. The molecule has 0 saturated carbocycles. The number of nitrogens with zero attached hydrogens (tertiary/aromatic N) is 3. The van der Waals surface area contributed by atoms with Gasteiger partial charge >= 0.3 is 6.85 Å². The number of benzene rings is 9. The molecule has 0 atom stereocenters. The minimum Gasteiger partial charge on any atom is -0.455 e. The van der Waals surface area contributed by atoms with Crippen molar-refractivity contribution in [1.82, 2.24) is 4.57 Å². The largest absolute Gasteiger partial charge is 0.455 e. The van der Waals surface area contributed by atoms with E-state index in [0.29, 0.717) is 0 Å². The molecule has 1 aliphatic carbocycles. The molecule has 0 N–H and O–H groups in total. The van der Waals surface area contributed by atoms with Crippen molar-refractivity contribution in [2.75, 3.05) is 9.71 Å². The van der Waals surface area contributed by atoms with Gasteiger partial charge in [-0.1, -0.05) is 194 Å². The van der Waals surface area contributed by atoms with Crippen LogP contribution in [0.25, 0.3) is 71.7 Å². The topological polar surface area (TPSA) is 24.6 Å². The van der Waals surface area contributed by atoms with E-state index in [1.54, 1.807) is 0 Å². The highest BCUT2D eigenvalue weighted by molar-refractivity contribution is 6.94. The lowest BCUT2D eigenvalue weighted by Gasteiger charge is -2.43. The molecular formula is C73H70BN3O. The lowest BCUT2D eigenvalue weighted by molar-refractivity contribution is 0.590. The van der Waals surface area contributed by atoms with E-state index in [9.17, 15) is 0 Å². The van der Waals surface area contributed by atoms with Gasteiger partial charge in [-0.05, 0) is 150 Å². The summed E-state index contributed by atoms with van der Waals surface area (Å²) in [5.41, 5.74) is 26.5. The number of para-hydroxylation sites is 1. The average molecular weight is 1020 g/mol. The third-order valence-electron chi connectivity index (χ3n) is 18.0. The molecule has 2 aromatic heterocycles. The molecule has 5 heteroatoms. The Bertz CT molecular complexity index is 4250. The maximum atomic E-state index is 7.45. The van der Waals surface area contributed by atoms with Crippen LogP contribution in [-0.2, 0) is 27.1 Å². The van der Waals surface area contributed by atoms with E-state index < -0.39 is 0 Å². The maximum Gasteiger partial charge on any atom is 0.333 e. The van der Waals surface area contributed by atoms with Gasteiger partial charge in [-0.3, -0.25) is 0 Å². The average Bonchev–Trinajstić information content (AvgIpc) is 4.06. The Morgan fingerprint density at radius 2 is 1.03 bits per heavy atom. The molecule has 0 unspecified atom stereocenters. The zero-order valence-corrected chi connectivity index (χ0v) is 48.0. The van der Waals surface area contributed by atoms with Crippen molar-refractivity contribution in [3.8, 4) is 27.9 Å². The Kier molecular flexibility index (Phi) is 10.1. The van der Waals surface area contributed by atoms with Crippen molar-refractivity contribution in [3.05, 3.63) is 203 Å². The molecule has 0 spiro atoms. The molecule has 2 aliphatic heterocycles. The fourth-order valence-corrected chi connectivity index (χ4v) is 13.6. The first-order valence-corrected chi connectivity index (χ1v) is 28.3. The third kappa shape index (κ3) is 6.98. The van der Waals surface area contributed by atoms with Gasteiger partial charge in [0.25, 0.3) is 0 Å². The summed E-state index contributed by atoms with van der Waals surface area (Å²) in [5.74, 6) is 0. The second-order valence-corrected chi connectivity index (χ2v) is 27.5. The summed E-state index contributed by atoms with van der Waals surface area (Å²) < 4.78 is 10.1. The van der Waals surface area contributed by atoms with Crippen LogP contribution >= 0.6 is 0 Å². The first-order chi connectivity index (χ1) is 37.0. The van der Waals surface area contributed by atoms with Crippen molar-refractivity contribution < 1.29 is 4.42 Å². The van der Waals surface area contributed by atoms with Crippen LogP contribution in [0.5, 0.6) is 0 Å². The molecule has 0 radical (unpaired) electrons. The maximum absolute atomic E-state index is 7.45. The van der Waals surface area contributed by atoms with Crippen molar-refractivity contribution in [2.24, 2.45) is 0 Å². The minimum atomic E-state index is -0.211. The molecule has 4 nitrogen and oxygen atoms in total. The number of fused-ring (bicyclic) bond motifs is 16. The SMILES string of the molecule is CC(C)(C)c1ccc(N2B3c4cc(C(C)(C)C)ccc4-n4c5cc(N(c6ccc(C(C)(C)C)cc6)c6ccc(C(C)(C)C)cc6)ccc5c5c6c(oc7ccccc76)c(c3c54)-c3cc4c(cc32)-c2ccccc2C4(C)C)cc1. The molecule has 14 rings (SSSR count). The number of hydrogen-bond donors (Lipinski definition) is 0. The summed E-state index contributed by atoms with van der Waals surface area (Å²) in [6, 6.07) is 65.5. The number of hydrogen-bond acceptors (Lipinski definition) is 3. The molecule has 3 aliphatic rings. The van der Waals surface area contributed by atoms with Gasteiger partial charge in [0.1, 0.15) is 11.2 Å². The van der Waals surface area contributed by atoms with Crippen LogP contribution in [0.4, 0.5) is 28.4 Å². The minimum absolute atomic E-state index is 0.000285. The van der Waals surface area contributed by atoms with E-state index in [1.807, 2.05) is 0 Å². The van der Waals surface area contributed by atoms with Gasteiger partial charge in [0, 0.05) is 72.2 Å². The Morgan fingerprint density at radius 3 is 1.65 bits per heavy atom. The second kappa shape index (κ2) is 16.2. The fraction of sp³-hybridized carbons (Fsp3) is 0.260. The molecule has 4 heterocycles. The standard InChI is InChI=1S/C73H70BN3O/c1-69(2,3)43-23-30-47(31-24-43)75(48-32-25-44(26-33-48)70(4,5)6)50-36-37-52-60(40-50)76-59-38-29-46(72(10,11)12)39-58(59)74-66-65(68-64(63(52)67(66)76)53-20-16-18-22-62(53)78-68)55-41-57-54(51-19-15-17-21-56(51)73(57,13)14)42-61(55)77(74)49-34-27-45(28-35-49)71(7,8)9/h15-42H,1-14H3. The first kappa shape index (κ1) is 48.6. The number of aromatic nitrogens is 1. The van der Waals surface area contributed by atoms with E-state index >= 15 is 0 Å². The van der Waals surface area contributed by atoms with Crippen LogP contribution in [0.3, 0.4) is 0 Å². The fourth-order valence-electron chi connectivity index (χ4n) is 13.6. The van der Waals surface area contributed by atoms with Crippen LogP contribution in [0.1, 0.15) is 130 Å². The van der Waals surface area contributed by atoms with Gasteiger partial charge < -0.3 is 18.7 Å². The summed E-state index contributed by atoms with van der Waals surface area (Å²) >= 11 is 0. The lowest BCUT2D eigenvalue weighted by atomic mass is 9.43. The van der Waals surface area contributed by atoms with E-state index in [4.69, 9.17) is 4.42 Å². The zero-order chi connectivity index (χ0) is 54.3. The van der Waals surface area contributed by atoms with E-state index in [1.165, 1.54) is 111 Å². The van der Waals surface area contributed by atoms with Gasteiger partial charge in [0.05, 0.1) is 11.0 Å². The monoisotopic (exact) mass is 1020 g/mol. The van der Waals surface area contributed by atoms with Gasteiger partial charge in [-0.25, -0.2) is 0 Å². The summed E-state index contributed by atoms with van der Waals surface area (Å²) in [4.78, 5) is 5.16. The van der Waals surface area contributed by atoms with Crippen LogP contribution in [0.15, 0.2) is 174 Å². The van der Waals surface area contributed by atoms with Crippen molar-refractivity contribution in [1.29, 1.82) is 0 Å². The van der Waals surface area contributed by atoms with Crippen molar-refractivity contribution in [2.45, 2.75) is 124 Å². The predicted octanol–water partition coefficient (Wildman–Crippen LogP) is 18.9. The number of furan rings is 1. The molecule has 11 aromatic rings. The zero-order valence-electron chi connectivity index (χ0n) is 48.0. The van der Waals surface area contributed by atoms with Crippen molar-refractivity contribution in [3.63, 3.8) is 0 Å². The Balaban J connectivity index is 1.14. The second-order valence-electron chi connectivity index (χ2n) is 27.5. The molecule has 0 fully saturated rings. The van der Waals surface area contributed by atoms with Gasteiger partial charge in [-0.15, -0.1) is 0 Å². The summed E-state index contributed by atoms with van der Waals surface area (Å²) in [6.07, 6.45) is 0. The van der Waals surface area contributed by atoms with E-state index in [2.05, 4.69) is 281 Å². The molecule has 0 amide bonds. The number of rotatable bonds is 4. The van der Waals surface area contributed by atoms with Gasteiger partial charge in [0.15, 0.2) is 0 Å². The van der Waals surface area contributed by atoms with Crippen LogP contribution in [0, 0.1) is 0 Å². The molecule has 386 valence electrons. The van der Waals surface area contributed by atoms with Crippen LogP contribution in [-0.4, -0.2) is 11.4 Å². The highest BCUT2D eigenvalue weighted by atomic mass is 16.3. The summed E-state index contributed by atoms with van der Waals surface area (Å²) in [5, 5.41) is 4.76. The summed E-state index contributed by atoms with van der Waals surface area (Å²) in [7, 11) is 0. The van der Waals surface area contributed by atoms with Gasteiger partial charge in [0.2, 0.25) is 0 Å². The normalized spacial score (nSPS) is 14.6. The molecule has 78 heavy (non-hydrogen) atoms. The smallest absolute Gasteiger partial charge is 0.333 e. The highest BCUT2D eigenvalue weighted by Crippen LogP contribution is 2.57. The Hall–Kier alpha value is -7.76. The third-order valence-corrected chi connectivity index (χ3v) is 18.0. The van der Waals surface area contributed by atoms with Crippen molar-refractivity contribution >= 4 is 90.0 Å². The van der Waals surface area contributed by atoms with Gasteiger partial charge in [-0.2, -0.15) is 0 Å². The Labute approximate surface area is 461 Å². The molecule has 9 aromatic carbocycles. The van der Waals surface area contributed by atoms with Crippen LogP contribution < -0.4 is 20.6 Å². The first-order valence-electron chi connectivity index (χ1n) is 28.3. The van der Waals surface area contributed by atoms with E-state index in [0.717, 1.165) is 33.6 Å². The lowest BCUT2D eigenvalue weighted by Crippen LogP contribution is -2.60. The Morgan fingerprint density at radius 1 is 0.462 bits per heavy atom. The molecule has 0 saturated heterocycles. The molecule has 0 bridgehead atoms. The van der Waals surface area contributed by atoms with E-state index in [-0.39, 0.29) is 33.9 Å². The summed E-state index contributed by atoms with van der Waals surface area (Å²) in [6.45, 7) is 32.4. The quantitative estimate of drug-likeness (QED) is 0.164. The molecular weight excluding hydrogens is 946 g/mol.